The number of aromatic nitrogens is 1. The normalized spacial score (nSPS) is 10.6. The third-order valence-corrected chi connectivity index (χ3v) is 5.37. The van der Waals surface area contributed by atoms with Crippen molar-refractivity contribution in [3.05, 3.63) is 50.3 Å². The summed E-state index contributed by atoms with van der Waals surface area (Å²) >= 11 is 12.9. The molecule has 0 saturated carbocycles. The summed E-state index contributed by atoms with van der Waals surface area (Å²) in [5, 5.41) is 13.2. The number of rotatable bonds is 3. The molecule has 25 heavy (non-hydrogen) atoms. The Labute approximate surface area is 157 Å². The third kappa shape index (κ3) is 3.33. The highest BCUT2D eigenvalue weighted by Gasteiger charge is 2.18. The Morgan fingerprint density at radius 3 is 2.72 bits per heavy atom. The van der Waals surface area contributed by atoms with Gasteiger partial charge in [-0.3, -0.25) is 4.79 Å². The molecule has 0 unspecified atom stereocenters. The van der Waals surface area contributed by atoms with Crippen LogP contribution in [0.15, 0.2) is 24.3 Å². The lowest BCUT2D eigenvalue weighted by atomic mass is 10.2. The minimum absolute atomic E-state index is 0.110. The number of nitrogens with zero attached hydrogens (tertiary/aromatic N) is 2. The summed E-state index contributed by atoms with van der Waals surface area (Å²) in [7, 11) is 0. The van der Waals surface area contributed by atoms with E-state index in [4.69, 9.17) is 39.9 Å². The Morgan fingerprint density at radius 1 is 1.28 bits per heavy atom. The van der Waals surface area contributed by atoms with Crippen molar-refractivity contribution in [1.82, 2.24) is 10.3 Å². The molecule has 0 aliphatic heterocycles. The molecule has 1 aromatic carbocycles. The van der Waals surface area contributed by atoms with E-state index in [2.05, 4.69) is 10.3 Å². The summed E-state index contributed by atoms with van der Waals surface area (Å²) in [4.78, 5) is 17.4. The van der Waals surface area contributed by atoms with E-state index in [-0.39, 0.29) is 29.5 Å². The van der Waals surface area contributed by atoms with E-state index in [1.165, 1.54) is 0 Å². The predicted octanol–water partition coefficient (Wildman–Crippen LogP) is 3.57. The number of nitriles is 1. The zero-order valence-corrected chi connectivity index (χ0v) is 15.0. The van der Waals surface area contributed by atoms with Crippen LogP contribution in [0.3, 0.4) is 0 Å². The van der Waals surface area contributed by atoms with Crippen molar-refractivity contribution in [3.63, 3.8) is 0 Å². The molecule has 0 bridgehead atoms. The maximum atomic E-state index is 12.4. The number of fused-ring (bicyclic) bond motifs is 1. The first kappa shape index (κ1) is 17.3. The number of nitrogen functional groups attached to an aromatic ring is 2. The van der Waals surface area contributed by atoms with Crippen LogP contribution in [0, 0.1) is 11.3 Å². The van der Waals surface area contributed by atoms with Gasteiger partial charge in [0.25, 0.3) is 5.91 Å². The molecule has 2 aromatic heterocycles. The Balaban J connectivity index is 1.85. The fourth-order valence-electron chi connectivity index (χ4n) is 2.23. The number of benzene rings is 1. The van der Waals surface area contributed by atoms with Gasteiger partial charge in [-0.15, -0.1) is 11.3 Å². The number of hydrogen-bond donors (Lipinski definition) is 3. The Kier molecular flexibility index (Phi) is 4.68. The predicted molar refractivity (Wildman–Crippen MR) is 101 cm³/mol. The lowest BCUT2D eigenvalue weighted by Crippen LogP contribution is -2.22. The molecule has 0 atom stereocenters. The molecule has 0 aliphatic rings. The average Bonchev–Trinajstić information content (AvgIpc) is 2.90. The van der Waals surface area contributed by atoms with Crippen molar-refractivity contribution >= 4 is 62.2 Å². The Morgan fingerprint density at radius 2 is 2.04 bits per heavy atom. The summed E-state index contributed by atoms with van der Waals surface area (Å²) < 4.78 is 0. The summed E-state index contributed by atoms with van der Waals surface area (Å²) in [6, 6.07) is 8.60. The van der Waals surface area contributed by atoms with Crippen LogP contribution in [-0.4, -0.2) is 10.9 Å². The van der Waals surface area contributed by atoms with Crippen molar-refractivity contribution in [2.75, 3.05) is 11.5 Å². The highest BCUT2D eigenvalue weighted by Crippen LogP contribution is 2.34. The molecule has 1 amide bonds. The topological polar surface area (TPSA) is 118 Å². The summed E-state index contributed by atoms with van der Waals surface area (Å²) in [6.07, 6.45) is 0. The van der Waals surface area contributed by atoms with Crippen molar-refractivity contribution < 1.29 is 4.79 Å². The van der Waals surface area contributed by atoms with Gasteiger partial charge in [-0.25, -0.2) is 4.98 Å². The second kappa shape index (κ2) is 6.76. The van der Waals surface area contributed by atoms with Crippen LogP contribution >= 0.6 is 34.5 Å². The number of nitrogens with one attached hydrogen (secondary N) is 1. The van der Waals surface area contributed by atoms with Crippen LogP contribution in [0.5, 0.6) is 0 Å². The van der Waals surface area contributed by atoms with Gasteiger partial charge in [0.1, 0.15) is 21.6 Å². The van der Waals surface area contributed by atoms with Crippen LogP contribution in [0.1, 0.15) is 20.8 Å². The fraction of sp³-hybridized carbons (Fsp3) is 0.0625. The summed E-state index contributed by atoms with van der Waals surface area (Å²) in [5.41, 5.74) is 13.0. The Hall–Kier alpha value is -2.53. The monoisotopic (exact) mass is 391 g/mol. The second-order valence-corrected chi connectivity index (χ2v) is 6.98. The number of hydrogen-bond acceptors (Lipinski definition) is 6. The largest absolute Gasteiger partial charge is 0.397 e. The van der Waals surface area contributed by atoms with Crippen molar-refractivity contribution in [3.8, 4) is 6.07 Å². The van der Waals surface area contributed by atoms with Gasteiger partial charge in [-0.2, -0.15) is 5.26 Å². The number of anilines is 2. The molecule has 0 fully saturated rings. The minimum Gasteiger partial charge on any atom is -0.397 e. The molecule has 6 nitrogen and oxygen atoms in total. The van der Waals surface area contributed by atoms with Crippen LogP contribution in [-0.2, 0) is 6.54 Å². The molecule has 9 heteroatoms. The number of amides is 1. The number of thiophene rings is 1. The number of carbonyl (C=O) groups excluding carboxylic acids is 1. The van der Waals surface area contributed by atoms with Crippen LogP contribution in [0.25, 0.3) is 10.2 Å². The molecular weight excluding hydrogens is 381 g/mol. The maximum Gasteiger partial charge on any atom is 0.263 e. The summed E-state index contributed by atoms with van der Waals surface area (Å²) in [5.74, 6) is -0.234. The lowest BCUT2D eigenvalue weighted by Gasteiger charge is -2.06. The van der Waals surface area contributed by atoms with E-state index in [0.717, 1.165) is 16.9 Å². The number of pyridine rings is 1. The highest BCUT2D eigenvalue weighted by molar-refractivity contribution is 7.21. The average molecular weight is 392 g/mol. The smallest absolute Gasteiger partial charge is 0.263 e. The van der Waals surface area contributed by atoms with Crippen LogP contribution < -0.4 is 16.8 Å². The van der Waals surface area contributed by atoms with Crippen LogP contribution in [0.4, 0.5) is 11.5 Å². The van der Waals surface area contributed by atoms with Gasteiger partial charge >= 0.3 is 0 Å². The standard InChI is InChI=1S/C16H11Cl2N5OS/c17-10-2-1-7(3-11(10)18)6-22-15(24)13-12(20)9-4-8(5-19)14(21)23-16(9)25-13/h1-4H,6,20H2,(H2,21,23)(H,22,24). The van der Waals surface area contributed by atoms with Gasteiger partial charge in [0, 0.05) is 11.9 Å². The first-order chi connectivity index (χ1) is 11.9. The van der Waals surface area contributed by atoms with E-state index >= 15 is 0 Å². The molecule has 3 rings (SSSR count). The number of nitrogens with two attached hydrogens (primary N) is 2. The lowest BCUT2D eigenvalue weighted by molar-refractivity contribution is 0.0956. The summed E-state index contributed by atoms with van der Waals surface area (Å²) in [6.45, 7) is 0.266. The maximum absolute atomic E-state index is 12.4. The molecule has 0 saturated heterocycles. The molecular formula is C16H11Cl2N5OS. The van der Waals surface area contributed by atoms with E-state index in [9.17, 15) is 4.79 Å². The molecule has 5 N–H and O–H groups in total. The van der Waals surface area contributed by atoms with E-state index in [1.54, 1.807) is 24.3 Å². The SMILES string of the molecule is N#Cc1cc2c(N)c(C(=O)NCc3ccc(Cl)c(Cl)c3)sc2nc1N. The van der Waals surface area contributed by atoms with Crippen molar-refractivity contribution in [2.45, 2.75) is 6.54 Å². The number of carbonyl (C=O) groups is 1. The van der Waals surface area contributed by atoms with Gasteiger partial charge in [0.15, 0.2) is 0 Å². The zero-order valence-electron chi connectivity index (χ0n) is 12.6. The van der Waals surface area contributed by atoms with Gasteiger partial charge in [0.2, 0.25) is 0 Å². The quantitative estimate of drug-likeness (QED) is 0.630. The first-order valence-corrected chi connectivity index (χ1v) is 8.58. The Bertz CT molecular complexity index is 1040. The molecule has 126 valence electrons. The van der Waals surface area contributed by atoms with E-state index in [1.807, 2.05) is 6.07 Å². The van der Waals surface area contributed by atoms with Gasteiger partial charge in [0.05, 0.1) is 21.3 Å². The third-order valence-electron chi connectivity index (χ3n) is 3.51. The molecule has 0 aliphatic carbocycles. The molecule has 2 heterocycles. The van der Waals surface area contributed by atoms with E-state index < -0.39 is 0 Å². The molecule has 3 aromatic rings. The van der Waals surface area contributed by atoms with E-state index in [0.29, 0.717) is 25.1 Å². The van der Waals surface area contributed by atoms with Crippen molar-refractivity contribution in [1.29, 1.82) is 5.26 Å². The number of halogens is 2. The second-order valence-electron chi connectivity index (χ2n) is 5.16. The highest BCUT2D eigenvalue weighted by atomic mass is 35.5. The molecule has 0 spiro atoms. The van der Waals surface area contributed by atoms with Gasteiger partial charge in [-0.05, 0) is 23.8 Å². The molecule has 0 radical (unpaired) electrons. The van der Waals surface area contributed by atoms with Gasteiger partial charge in [-0.1, -0.05) is 29.3 Å². The first-order valence-electron chi connectivity index (χ1n) is 7.01. The van der Waals surface area contributed by atoms with Gasteiger partial charge < -0.3 is 16.8 Å². The van der Waals surface area contributed by atoms with Crippen LogP contribution in [0.2, 0.25) is 10.0 Å². The van der Waals surface area contributed by atoms with Crippen molar-refractivity contribution in [2.24, 2.45) is 0 Å². The fourth-order valence-corrected chi connectivity index (χ4v) is 3.55. The minimum atomic E-state index is -0.344. The zero-order chi connectivity index (χ0) is 18.1.